The van der Waals surface area contributed by atoms with Crippen LogP contribution >= 0.6 is 0 Å². The highest BCUT2D eigenvalue weighted by molar-refractivity contribution is 5.69. The van der Waals surface area contributed by atoms with Crippen molar-refractivity contribution in [3.63, 3.8) is 0 Å². The first-order valence-corrected chi connectivity index (χ1v) is 25.2. The van der Waals surface area contributed by atoms with Crippen molar-refractivity contribution in [2.24, 2.45) is 0 Å². The Labute approximate surface area is 384 Å². The highest BCUT2D eigenvalue weighted by atomic mass is 16.7. The van der Waals surface area contributed by atoms with Crippen LogP contribution in [0.25, 0.3) is 0 Å². The van der Waals surface area contributed by atoms with Gasteiger partial charge in [0, 0.05) is 13.0 Å². The maximum Gasteiger partial charge on any atom is 0.306 e. The predicted octanol–water partition coefficient (Wildman–Crippen LogP) is 12.2. The summed E-state index contributed by atoms with van der Waals surface area (Å²) in [6.45, 7) is 4.41. The van der Waals surface area contributed by atoms with Crippen molar-refractivity contribution in [2.75, 3.05) is 26.4 Å². The standard InChI is InChI=1S/C54H92O9/c1-3-5-7-9-11-13-15-17-19-20-21-22-23-24-25-26-27-28-29-31-33-35-37-39-41-43-50(56)62-48(47-61-54-53(59)52(58)51(57)49(45-55)63-54)46-60-44-42-40-38-36-34-32-30-18-16-14-12-10-8-6-4-2/h5,7,11,13,17,19,21-22,24-25,27-28,31,33,48-49,51-55,57-59H,3-4,6,8-10,12,14-16,18,20,23,26,29-30,32,34-47H2,1-2H3/b7-5-,13-11-,19-17-,22-21-,25-24-,28-27-,33-31-. The van der Waals surface area contributed by atoms with Crippen molar-refractivity contribution >= 4 is 5.97 Å². The van der Waals surface area contributed by atoms with E-state index in [1.54, 1.807) is 0 Å². The molecule has 0 radical (unpaired) electrons. The lowest BCUT2D eigenvalue weighted by atomic mass is 9.99. The van der Waals surface area contributed by atoms with E-state index in [1.807, 2.05) is 0 Å². The maximum atomic E-state index is 12.8. The second-order valence-electron chi connectivity index (χ2n) is 16.9. The van der Waals surface area contributed by atoms with E-state index in [9.17, 15) is 25.2 Å². The van der Waals surface area contributed by atoms with Gasteiger partial charge in [-0.25, -0.2) is 0 Å². The number of rotatable bonds is 42. The molecule has 362 valence electrons. The molecule has 1 aliphatic rings. The maximum absolute atomic E-state index is 12.8. The largest absolute Gasteiger partial charge is 0.457 e. The van der Waals surface area contributed by atoms with Crippen LogP contribution in [0.15, 0.2) is 85.1 Å². The molecule has 0 aliphatic carbocycles. The zero-order valence-corrected chi connectivity index (χ0v) is 39.8. The molecule has 1 heterocycles. The second-order valence-corrected chi connectivity index (χ2v) is 16.9. The molecule has 1 rings (SSSR count). The third-order valence-corrected chi connectivity index (χ3v) is 11.1. The molecule has 0 saturated carbocycles. The first kappa shape index (κ1) is 58.4. The Bertz CT molecular complexity index is 1240. The van der Waals surface area contributed by atoms with Gasteiger partial charge in [-0.1, -0.05) is 195 Å². The molecule has 9 nitrogen and oxygen atoms in total. The van der Waals surface area contributed by atoms with Gasteiger partial charge in [-0.2, -0.15) is 0 Å². The van der Waals surface area contributed by atoms with Crippen LogP contribution in [0.2, 0.25) is 0 Å². The molecule has 0 spiro atoms. The van der Waals surface area contributed by atoms with Crippen LogP contribution in [0.5, 0.6) is 0 Å². The fourth-order valence-electron chi connectivity index (χ4n) is 7.18. The van der Waals surface area contributed by atoms with Crippen LogP contribution in [-0.2, 0) is 23.7 Å². The number of unbranched alkanes of at least 4 members (excludes halogenated alkanes) is 17. The third kappa shape index (κ3) is 35.3. The number of carbonyl (C=O) groups excluding carboxylic acids is 1. The Balaban J connectivity index is 2.26. The van der Waals surface area contributed by atoms with Crippen LogP contribution in [-0.4, -0.2) is 89.6 Å². The number of hydrogen-bond acceptors (Lipinski definition) is 9. The van der Waals surface area contributed by atoms with Crippen molar-refractivity contribution in [1.82, 2.24) is 0 Å². The summed E-state index contributed by atoms with van der Waals surface area (Å²) >= 11 is 0. The number of esters is 1. The normalized spacial score (nSPS) is 20.4. The second kappa shape index (κ2) is 44.6. The van der Waals surface area contributed by atoms with Crippen molar-refractivity contribution in [3.8, 4) is 0 Å². The molecule has 0 aromatic rings. The number of ether oxygens (including phenoxy) is 4. The van der Waals surface area contributed by atoms with Crippen molar-refractivity contribution in [2.45, 2.75) is 224 Å². The summed E-state index contributed by atoms with van der Waals surface area (Å²) < 4.78 is 22.8. The van der Waals surface area contributed by atoms with Gasteiger partial charge >= 0.3 is 5.97 Å². The van der Waals surface area contributed by atoms with Crippen molar-refractivity contribution in [1.29, 1.82) is 0 Å². The number of aliphatic hydroxyl groups is 4. The molecule has 6 unspecified atom stereocenters. The summed E-state index contributed by atoms with van der Waals surface area (Å²) in [5.74, 6) is -0.346. The zero-order valence-electron chi connectivity index (χ0n) is 39.8. The van der Waals surface area contributed by atoms with Crippen LogP contribution in [0.3, 0.4) is 0 Å². The molecule has 6 atom stereocenters. The highest BCUT2D eigenvalue weighted by Gasteiger charge is 2.44. The topological polar surface area (TPSA) is 135 Å². The van der Waals surface area contributed by atoms with Gasteiger partial charge in [0.25, 0.3) is 0 Å². The van der Waals surface area contributed by atoms with E-state index in [2.05, 4.69) is 98.9 Å². The fourth-order valence-corrected chi connectivity index (χ4v) is 7.18. The Hall–Kier alpha value is -2.63. The molecule has 0 amide bonds. The molecule has 0 aromatic heterocycles. The molecule has 0 aromatic carbocycles. The Morgan fingerprint density at radius 1 is 0.524 bits per heavy atom. The number of allylic oxidation sites excluding steroid dienone is 14. The van der Waals surface area contributed by atoms with Gasteiger partial charge in [-0.15, -0.1) is 0 Å². The van der Waals surface area contributed by atoms with Crippen LogP contribution < -0.4 is 0 Å². The highest BCUT2D eigenvalue weighted by Crippen LogP contribution is 2.22. The van der Waals surface area contributed by atoms with Crippen LogP contribution in [0.1, 0.15) is 187 Å². The SMILES string of the molecule is CC/C=C\C/C=C\C/C=C\C/C=C\C/C=C\C/C=C\C/C=C\CCCCCC(=O)OC(COCCCCCCCCCCCCCCCCC)COC1OC(CO)C(O)C(O)C1O. The van der Waals surface area contributed by atoms with Gasteiger partial charge < -0.3 is 39.4 Å². The van der Waals surface area contributed by atoms with Crippen LogP contribution in [0, 0.1) is 0 Å². The molecular formula is C54H92O9. The number of aliphatic hydroxyl groups excluding tert-OH is 4. The third-order valence-electron chi connectivity index (χ3n) is 11.1. The summed E-state index contributed by atoms with van der Waals surface area (Å²) in [6.07, 6.45) is 53.2. The predicted molar refractivity (Wildman–Crippen MR) is 260 cm³/mol. The van der Waals surface area contributed by atoms with Gasteiger partial charge in [0.05, 0.1) is 19.8 Å². The van der Waals surface area contributed by atoms with E-state index < -0.39 is 43.4 Å². The lowest BCUT2D eigenvalue weighted by molar-refractivity contribution is -0.305. The first-order chi connectivity index (χ1) is 30.9. The summed E-state index contributed by atoms with van der Waals surface area (Å²) in [5, 5.41) is 40.2. The lowest BCUT2D eigenvalue weighted by Crippen LogP contribution is -2.59. The number of carbonyl (C=O) groups is 1. The Kier molecular flexibility index (Phi) is 41.3. The zero-order chi connectivity index (χ0) is 45.7. The molecule has 9 heteroatoms. The van der Waals surface area contributed by atoms with E-state index in [1.165, 1.54) is 83.5 Å². The molecule has 4 N–H and O–H groups in total. The summed E-state index contributed by atoms with van der Waals surface area (Å²) in [7, 11) is 0. The van der Waals surface area contributed by atoms with E-state index in [0.29, 0.717) is 13.0 Å². The fraction of sp³-hybridized carbons (Fsp3) is 0.722. The number of hydrogen-bond donors (Lipinski definition) is 4. The average molecular weight is 885 g/mol. The van der Waals surface area contributed by atoms with Gasteiger partial charge in [0.15, 0.2) is 6.29 Å². The smallest absolute Gasteiger partial charge is 0.306 e. The molecule has 1 fully saturated rings. The average Bonchev–Trinajstić information content (AvgIpc) is 3.28. The quantitative estimate of drug-likeness (QED) is 0.0268. The Morgan fingerprint density at radius 3 is 1.44 bits per heavy atom. The van der Waals surface area contributed by atoms with Gasteiger partial charge in [0.2, 0.25) is 0 Å². The monoisotopic (exact) mass is 885 g/mol. The minimum absolute atomic E-state index is 0.128. The van der Waals surface area contributed by atoms with Crippen molar-refractivity contribution < 1.29 is 44.2 Å². The summed E-state index contributed by atoms with van der Waals surface area (Å²) in [4.78, 5) is 12.8. The lowest BCUT2D eigenvalue weighted by Gasteiger charge is -2.39. The molecular weight excluding hydrogens is 793 g/mol. The Morgan fingerprint density at radius 2 is 0.968 bits per heavy atom. The van der Waals surface area contributed by atoms with Gasteiger partial charge in [0.1, 0.15) is 30.5 Å². The van der Waals surface area contributed by atoms with Gasteiger partial charge in [-0.3, -0.25) is 4.79 Å². The van der Waals surface area contributed by atoms with E-state index >= 15 is 0 Å². The molecule has 63 heavy (non-hydrogen) atoms. The van der Waals surface area contributed by atoms with Crippen molar-refractivity contribution in [3.05, 3.63) is 85.1 Å². The van der Waals surface area contributed by atoms with E-state index in [4.69, 9.17) is 18.9 Å². The molecule has 1 aliphatic heterocycles. The molecule has 1 saturated heterocycles. The first-order valence-electron chi connectivity index (χ1n) is 25.2. The summed E-state index contributed by atoms with van der Waals surface area (Å²) in [5.41, 5.74) is 0. The van der Waals surface area contributed by atoms with E-state index in [-0.39, 0.29) is 25.6 Å². The van der Waals surface area contributed by atoms with Gasteiger partial charge in [-0.05, 0) is 70.6 Å². The minimum atomic E-state index is -1.55. The van der Waals surface area contributed by atoms with E-state index in [0.717, 1.165) is 77.0 Å². The molecule has 0 bridgehead atoms. The summed E-state index contributed by atoms with van der Waals surface area (Å²) in [6, 6.07) is 0. The minimum Gasteiger partial charge on any atom is -0.457 e. The van der Waals surface area contributed by atoms with Crippen LogP contribution in [0.4, 0.5) is 0 Å².